The number of thiocarbonyl (C=S) groups is 1. The Kier molecular flexibility index (Phi) is 12.0. The van der Waals surface area contributed by atoms with E-state index in [0.717, 1.165) is 0 Å². The van der Waals surface area contributed by atoms with E-state index in [4.69, 9.17) is 18.1 Å². The second-order valence-corrected chi connectivity index (χ2v) is 2.13. The molecule has 0 radical (unpaired) electrons. The Hall–Kier alpha value is -1.13. The van der Waals surface area contributed by atoms with Gasteiger partial charge in [-0.1, -0.05) is 39.2 Å². The molecule has 0 saturated carbocycles. The van der Waals surface area contributed by atoms with Crippen LogP contribution < -0.4 is 16.6 Å². The summed E-state index contributed by atoms with van der Waals surface area (Å²) in [5.74, 6) is 5.01. The SMILES string of the molecule is C=C/C=C\C(=C)NC(=S)NN.CC. The van der Waals surface area contributed by atoms with Gasteiger partial charge in [0.15, 0.2) is 5.11 Å². The molecule has 3 nitrogen and oxygen atoms in total. The van der Waals surface area contributed by atoms with E-state index < -0.39 is 0 Å². The molecule has 0 bridgehead atoms. The Balaban J connectivity index is 0. The molecule has 0 aromatic rings. The zero-order valence-electron chi connectivity index (χ0n) is 8.13. The average molecular weight is 199 g/mol. The monoisotopic (exact) mass is 199 g/mol. The van der Waals surface area contributed by atoms with Crippen molar-refractivity contribution in [2.75, 3.05) is 0 Å². The molecule has 4 N–H and O–H groups in total. The first-order chi connectivity index (χ1) is 6.20. The highest BCUT2D eigenvalue weighted by atomic mass is 32.1. The van der Waals surface area contributed by atoms with Crippen molar-refractivity contribution in [2.45, 2.75) is 13.8 Å². The predicted octanol–water partition coefficient (Wildman–Crippen LogP) is 1.61. The van der Waals surface area contributed by atoms with E-state index >= 15 is 0 Å². The van der Waals surface area contributed by atoms with Crippen LogP contribution >= 0.6 is 12.2 Å². The maximum absolute atomic E-state index is 5.01. The average Bonchev–Trinajstić information content (AvgIpc) is 2.17. The lowest BCUT2D eigenvalue weighted by Gasteiger charge is -2.04. The highest BCUT2D eigenvalue weighted by molar-refractivity contribution is 7.80. The molecule has 0 amide bonds. The number of nitrogens with one attached hydrogen (secondary N) is 2. The lowest BCUT2D eigenvalue weighted by molar-refractivity contribution is 0.983. The second kappa shape index (κ2) is 10.9. The van der Waals surface area contributed by atoms with Gasteiger partial charge >= 0.3 is 0 Å². The summed E-state index contributed by atoms with van der Waals surface area (Å²) >= 11 is 4.71. The van der Waals surface area contributed by atoms with Gasteiger partial charge in [-0.3, -0.25) is 0 Å². The zero-order valence-corrected chi connectivity index (χ0v) is 8.95. The van der Waals surface area contributed by atoms with E-state index in [1.165, 1.54) is 0 Å². The molecule has 0 atom stereocenters. The third-order valence-corrected chi connectivity index (χ3v) is 1.06. The molecule has 0 rings (SSSR count). The van der Waals surface area contributed by atoms with Crippen molar-refractivity contribution in [3.8, 4) is 0 Å². The summed E-state index contributed by atoms with van der Waals surface area (Å²) in [6.45, 7) is 11.2. The van der Waals surface area contributed by atoms with E-state index in [-0.39, 0.29) is 0 Å². The molecule has 0 aliphatic heterocycles. The Morgan fingerprint density at radius 1 is 1.46 bits per heavy atom. The first-order valence-electron chi connectivity index (χ1n) is 3.96. The van der Waals surface area contributed by atoms with Crippen molar-refractivity contribution >= 4 is 17.3 Å². The van der Waals surface area contributed by atoms with Crippen LogP contribution in [-0.2, 0) is 0 Å². The molecular formula is C9H17N3S. The molecule has 0 fully saturated rings. The molecular weight excluding hydrogens is 182 g/mol. The largest absolute Gasteiger partial charge is 0.332 e. The molecule has 0 aliphatic rings. The van der Waals surface area contributed by atoms with Crippen molar-refractivity contribution in [3.63, 3.8) is 0 Å². The van der Waals surface area contributed by atoms with Gasteiger partial charge in [0.05, 0.1) is 0 Å². The molecule has 0 heterocycles. The van der Waals surface area contributed by atoms with Crippen molar-refractivity contribution in [1.82, 2.24) is 10.7 Å². The van der Waals surface area contributed by atoms with Gasteiger partial charge in [-0.05, 0) is 18.3 Å². The predicted molar refractivity (Wildman–Crippen MR) is 62.9 cm³/mol. The lowest BCUT2D eigenvalue weighted by Crippen LogP contribution is -2.38. The molecule has 0 unspecified atom stereocenters. The summed E-state index contributed by atoms with van der Waals surface area (Å²) in [5, 5.41) is 3.07. The van der Waals surface area contributed by atoms with Gasteiger partial charge in [-0.25, -0.2) is 5.84 Å². The quantitative estimate of drug-likeness (QED) is 0.280. The van der Waals surface area contributed by atoms with Gasteiger partial charge in [-0.2, -0.15) is 0 Å². The summed E-state index contributed by atoms with van der Waals surface area (Å²) in [6, 6.07) is 0. The van der Waals surface area contributed by atoms with Gasteiger partial charge in [-0.15, -0.1) is 0 Å². The van der Waals surface area contributed by atoms with Gasteiger partial charge in [0.1, 0.15) is 0 Å². The number of hydrazine groups is 1. The van der Waals surface area contributed by atoms with Gasteiger partial charge in [0, 0.05) is 5.70 Å². The maximum Gasteiger partial charge on any atom is 0.185 e. The van der Waals surface area contributed by atoms with Gasteiger partial charge in [0.25, 0.3) is 0 Å². The summed E-state index contributed by atoms with van der Waals surface area (Å²) in [5.41, 5.74) is 2.93. The smallest absolute Gasteiger partial charge is 0.185 e. The van der Waals surface area contributed by atoms with E-state index in [0.29, 0.717) is 10.8 Å². The van der Waals surface area contributed by atoms with Gasteiger partial charge in [0.2, 0.25) is 0 Å². The molecule has 0 aromatic heterocycles. The molecule has 0 aliphatic carbocycles. The van der Waals surface area contributed by atoms with E-state index in [9.17, 15) is 0 Å². The van der Waals surface area contributed by atoms with Crippen LogP contribution in [-0.4, -0.2) is 5.11 Å². The fourth-order valence-corrected chi connectivity index (χ4v) is 0.539. The number of hydrogen-bond acceptors (Lipinski definition) is 2. The van der Waals surface area contributed by atoms with Crippen molar-refractivity contribution in [1.29, 1.82) is 0 Å². The van der Waals surface area contributed by atoms with Gasteiger partial charge < -0.3 is 10.7 Å². The second-order valence-electron chi connectivity index (χ2n) is 1.72. The van der Waals surface area contributed by atoms with Crippen LogP contribution in [0.2, 0.25) is 0 Å². The van der Waals surface area contributed by atoms with Crippen LogP contribution in [0.4, 0.5) is 0 Å². The zero-order chi connectivity index (χ0) is 10.7. The highest BCUT2D eigenvalue weighted by Gasteiger charge is 1.89. The van der Waals surface area contributed by atoms with Crippen molar-refractivity contribution in [2.24, 2.45) is 5.84 Å². The third kappa shape index (κ3) is 10.9. The van der Waals surface area contributed by atoms with Crippen molar-refractivity contribution < 1.29 is 0 Å². The first-order valence-corrected chi connectivity index (χ1v) is 4.37. The van der Waals surface area contributed by atoms with Crippen LogP contribution in [0.3, 0.4) is 0 Å². The number of nitrogens with two attached hydrogens (primary N) is 1. The Bertz CT molecular complexity index is 197. The molecule has 0 saturated heterocycles. The molecule has 0 aromatic carbocycles. The number of hydrogen-bond donors (Lipinski definition) is 3. The maximum atomic E-state index is 5.01. The standard InChI is InChI=1S/C7H11N3S.C2H6/c1-3-4-5-6(2)9-7(11)10-8;1-2/h3-5H,1-2,8H2,(H2,9,10,11);1-2H3/b5-4-;. The van der Waals surface area contributed by atoms with Crippen molar-refractivity contribution in [3.05, 3.63) is 37.1 Å². The first kappa shape index (κ1) is 14.4. The van der Waals surface area contributed by atoms with E-state index in [1.807, 2.05) is 13.8 Å². The number of rotatable bonds is 3. The lowest BCUT2D eigenvalue weighted by atomic mass is 10.4. The fourth-order valence-electron chi connectivity index (χ4n) is 0.408. The van der Waals surface area contributed by atoms with Crippen LogP contribution in [0.25, 0.3) is 0 Å². The summed E-state index contributed by atoms with van der Waals surface area (Å²) in [6.07, 6.45) is 5.12. The molecule has 0 spiro atoms. The normalized spacial score (nSPS) is 8.23. The Labute approximate surface area is 85.4 Å². The van der Waals surface area contributed by atoms with Crippen LogP contribution in [0.15, 0.2) is 37.1 Å². The third-order valence-electron chi connectivity index (χ3n) is 0.839. The summed E-state index contributed by atoms with van der Waals surface area (Å²) in [4.78, 5) is 0. The topological polar surface area (TPSA) is 50.1 Å². The summed E-state index contributed by atoms with van der Waals surface area (Å²) < 4.78 is 0. The van der Waals surface area contributed by atoms with Crippen LogP contribution in [0.1, 0.15) is 13.8 Å². The fraction of sp³-hybridized carbons (Fsp3) is 0.222. The minimum atomic E-state index is 0.337. The minimum absolute atomic E-state index is 0.337. The summed E-state index contributed by atoms with van der Waals surface area (Å²) in [7, 11) is 0. The minimum Gasteiger partial charge on any atom is -0.332 e. The molecule has 4 heteroatoms. The molecule has 13 heavy (non-hydrogen) atoms. The highest BCUT2D eigenvalue weighted by Crippen LogP contribution is 1.86. The number of allylic oxidation sites excluding steroid dienone is 3. The van der Waals surface area contributed by atoms with E-state index in [1.54, 1.807) is 18.2 Å². The van der Waals surface area contributed by atoms with Crippen LogP contribution in [0.5, 0.6) is 0 Å². The molecule has 74 valence electrons. The Morgan fingerprint density at radius 2 is 2.00 bits per heavy atom. The van der Waals surface area contributed by atoms with Crippen LogP contribution in [0, 0.1) is 0 Å². The Morgan fingerprint density at radius 3 is 2.38 bits per heavy atom. The van der Waals surface area contributed by atoms with E-state index in [2.05, 4.69) is 23.9 Å².